The van der Waals surface area contributed by atoms with Crippen molar-refractivity contribution < 1.29 is 34.5 Å². The Morgan fingerprint density at radius 3 is 2.27 bits per heavy atom. The molecule has 0 amide bonds. The van der Waals surface area contributed by atoms with Crippen LogP contribution in [0.5, 0.6) is 0 Å². The zero-order chi connectivity index (χ0) is 18.9. The van der Waals surface area contributed by atoms with Crippen molar-refractivity contribution in [3.8, 4) is 0 Å². The third-order valence-electron chi connectivity index (χ3n) is 5.49. The average Bonchev–Trinajstić information content (AvgIpc) is 2.66. The topological polar surface area (TPSA) is 86.6 Å². The number of hydrogen-bond donors (Lipinski definition) is 2. The van der Waals surface area contributed by atoms with Gasteiger partial charge in [0, 0.05) is 5.92 Å². The highest BCUT2D eigenvalue weighted by Gasteiger charge is 2.75. The fourth-order valence-corrected chi connectivity index (χ4v) is 5.10. The number of hydrogen-bond acceptors (Lipinski definition) is 8. The van der Waals surface area contributed by atoms with Gasteiger partial charge in [-0.1, -0.05) is 37.3 Å². The number of ether oxygens (including phenoxy) is 1. The predicted molar refractivity (Wildman–Crippen MR) is 95.3 cm³/mol. The van der Waals surface area contributed by atoms with Gasteiger partial charge in [-0.15, -0.1) is 11.8 Å². The smallest absolute Gasteiger partial charge is 0.163 e. The van der Waals surface area contributed by atoms with Crippen molar-refractivity contribution in [1.29, 1.82) is 0 Å². The maximum absolute atomic E-state index is 11.6. The largest absolute Gasteiger partial charge is 0.390 e. The normalized spacial score (nSPS) is 42.2. The van der Waals surface area contributed by atoms with Gasteiger partial charge >= 0.3 is 0 Å². The number of aliphatic hydroxyl groups is 2. The van der Waals surface area contributed by atoms with Gasteiger partial charge in [-0.2, -0.15) is 0 Å². The van der Waals surface area contributed by atoms with Gasteiger partial charge in [0.15, 0.2) is 12.2 Å². The maximum Gasteiger partial charge on any atom is 0.163 e. The van der Waals surface area contributed by atoms with Gasteiger partial charge < -0.3 is 14.9 Å². The van der Waals surface area contributed by atoms with E-state index in [0.29, 0.717) is 6.42 Å². The van der Waals surface area contributed by atoms with E-state index in [9.17, 15) is 10.2 Å². The van der Waals surface area contributed by atoms with E-state index in [0.717, 1.165) is 5.56 Å². The van der Waals surface area contributed by atoms with Crippen molar-refractivity contribution in [3.05, 3.63) is 35.9 Å². The predicted octanol–water partition coefficient (Wildman–Crippen LogP) is 1.64. The monoisotopic (exact) mass is 386 g/mol. The Labute approximate surface area is 157 Å². The standard InChI is InChI=1S/C18H26O7S/c1-5-17(26-4)15(24-21-2)16(25-22-3)18(20)12(13(19)14(18)23-17)11-9-7-6-8-10-11/h6-10,12-16,19-20H,5H2,1-4H3/t12?,13?,14-,15-,16-,17+,18+/m1/s1. The van der Waals surface area contributed by atoms with Gasteiger partial charge in [0.25, 0.3) is 0 Å². The first-order valence-corrected chi connectivity index (χ1v) is 9.79. The minimum Gasteiger partial charge on any atom is -0.390 e. The van der Waals surface area contributed by atoms with Crippen LogP contribution in [0, 0.1) is 0 Å². The molecule has 1 aliphatic heterocycles. The second-order valence-corrected chi connectivity index (χ2v) is 7.64. The summed E-state index contributed by atoms with van der Waals surface area (Å²) in [4.78, 5) is 20.0. The van der Waals surface area contributed by atoms with Gasteiger partial charge in [-0.25, -0.2) is 19.6 Å². The summed E-state index contributed by atoms with van der Waals surface area (Å²) < 4.78 is 6.20. The summed E-state index contributed by atoms with van der Waals surface area (Å²) in [6.45, 7) is 1.94. The molecule has 2 unspecified atom stereocenters. The Morgan fingerprint density at radius 1 is 1.12 bits per heavy atom. The second kappa shape index (κ2) is 7.73. The lowest BCUT2D eigenvalue weighted by Gasteiger charge is -2.65. The first kappa shape index (κ1) is 20.0. The molecule has 7 atom stereocenters. The van der Waals surface area contributed by atoms with Gasteiger partial charge in [0.05, 0.1) is 20.3 Å². The van der Waals surface area contributed by atoms with Gasteiger partial charge in [0.1, 0.15) is 16.6 Å². The quantitative estimate of drug-likeness (QED) is 0.540. The summed E-state index contributed by atoms with van der Waals surface area (Å²) in [7, 11) is 2.77. The van der Waals surface area contributed by atoms with E-state index in [2.05, 4.69) is 0 Å². The van der Waals surface area contributed by atoms with E-state index >= 15 is 0 Å². The van der Waals surface area contributed by atoms with Crippen LogP contribution in [0.25, 0.3) is 0 Å². The van der Waals surface area contributed by atoms with Crippen LogP contribution in [0.2, 0.25) is 0 Å². The molecule has 1 aromatic rings. The average molecular weight is 386 g/mol. The molecule has 3 rings (SSSR count). The molecule has 1 aromatic carbocycles. The van der Waals surface area contributed by atoms with Crippen LogP contribution in [-0.4, -0.2) is 65.6 Å². The molecule has 8 heteroatoms. The Balaban J connectivity index is 2.05. The molecule has 2 N–H and O–H groups in total. The molecular weight excluding hydrogens is 360 g/mol. The third-order valence-corrected chi connectivity index (χ3v) is 6.80. The first-order chi connectivity index (χ1) is 12.5. The van der Waals surface area contributed by atoms with Crippen molar-refractivity contribution in [2.75, 3.05) is 20.5 Å². The molecule has 1 heterocycles. The fourth-order valence-electron chi connectivity index (χ4n) is 4.21. The Hall–Kier alpha value is -0.710. The molecular formula is C18H26O7S. The highest BCUT2D eigenvalue weighted by Crippen LogP contribution is 2.59. The van der Waals surface area contributed by atoms with Gasteiger partial charge in [-0.05, 0) is 18.2 Å². The number of benzene rings is 1. The molecule has 26 heavy (non-hydrogen) atoms. The van der Waals surface area contributed by atoms with Crippen molar-refractivity contribution in [2.24, 2.45) is 0 Å². The van der Waals surface area contributed by atoms with Crippen LogP contribution in [0.15, 0.2) is 30.3 Å². The first-order valence-electron chi connectivity index (χ1n) is 8.57. The summed E-state index contributed by atoms with van der Waals surface area (Å²) in [6.07, 6.45) is -0.978. The molecule has 0 aromatic heterocycles. The zero-order valence-electron chi connectivity index (χ0n) is 15.3. The molecule has 2 aliphatic rings. The summed E-state index contributed by atoms with van der Waals surface area (Å²) in [5.74, 6) is -0.603. The number of thioether (sulfide) groups is 1. The van der Waals surface area contributed by atoms with E-state index in [4.69, 9.17) is 24.3 Å². The summed E-state index contributed by atoms with van der Waals surface area (Å²) in [5, 5.41) is 22.4. The summed E-state index contributed by atoms with van der Waals surface area (Å²) in [5.41, 5.74) is -0.745. The van der Waals surface area contributed by atoms with E-state index in [-0.39, 0.29) is 0 Å². The SMILES string of the molecule is CC[C@@]1(SC)O[C@@H]2C(O)C(c3ccccc3)[C@@]2(O)[C@H](OOC)[C@H]1OOC. The Morgan fingerprint density at radius 2 is 1.73 bits per heavy atom. The fraction of sp³-hybridized carbons (Fsp3) is 0.667. The summed E-state index contributed by atoms with van der Waals surface area (Å²) in [6, 6.07) is 9.30. The Bertz CT molecular complexity index is 596. The molecule has 0 radical (unpaired) electrons. The van der Waals surface area contributed by atoms with Crippen LogP contribution in [0.3, 0.4) is 0 Å². The minimum atomic E-state index is -1.53. The van der Waals surface area contributed by atoms with Gasteiger partial charge in [0.2, 0.25) is 0 Å². The Kier molecular flexibility index (Phi) is 5.96. The molecule has 1 saturated carbocycles. The van der Waals surface area contributed by atoms with Crippen LogP contribution in [0.4, 0.5) is 0 Å². The number of rotatable bonds is 7. The van der Waals surface area contributed by atoms with Crippen LogP contribution in [0.1, 0.15) is 24.8 Å². The van der Waals surface area contributed by atoms with E-state index in [1.807, 2.05) is 43.5 Å². The van der Waals surface area contributed by atoms with Crippen molar-refractivity contribution in [2.45, 2.75) is 54.2 Å². The summed E-state index contributed by atoms with van der Waals surface area (Å²) >= 11 is 1.42. The molecule has 146 valence electrons. The van der Waals surface area contributed by atoms with E-state index in [1.165, 1.54) is 26.0 Å². The molecule has 1 aliphatic carbocycles. The third kappa shape index (κ3) is 2.80. The maximum atomic E-state index is 11.6. The van der Waals surface area contributed by atoms with Crippen LogP contribution < -0.4 is 0 Å². The van der Waals surface area contributed by atoms with Crippen molar-refractivity contribution >= 4 is 11.8 Å². The molecule has 0 spiro atoms. The van der Waals surface area contributed by atoms with Crippen molar-refractivity contribution in [3.63, 3.8) is 0 Å². The lowest BCUT2D eigenvalue weighted by atomic mass is 9.56. The molecule has 7 nitrogen and oxygen atoms in total. The number of aliphatic hydroxyl groups excluding tert-OH is 1. The van der Waals surface area contributed by atoms with E-state index in [1.54, 1.807) is 0 Å². The lowest BCUT2D eigenvalue weighted by Crippen LogP contribution is -2.82. The number of fused-ring (bicyclic) bond motifs is 1. The highest BCUT2D eigenvalue weighted by atomic mass is 32.2. The van der Waals surface area contributed by atoms with Crippen LogP contribution in [-0.2, 0) is 24.3 Å². The zero-order valence-corrected chi connectivity index (χ0v) is 16.1. The highest BCUT2D eigenvalue weighted by molar-refractivity contribution is 7.99. The van der Waals surface area contributed by atoms with Crippen LogP contribution >= 0.6 is 11.8 Å². The molecule has 2 fully saturated rings. The lowest BCUT2D eigenvalue weighted by molar-refractivity contribution is -0.464. The van der Waals surface area contributed by atoms with Crippen molar-refractivity contribution in [1.82, 2.24) is 0 Å². The second-order valence-electron chi connectivity index (χ2n) is 6.54. The van der Waals surface area contributed by atoms with E-state index < -0.39 is 40.9 Å². The minimum absolute atomic E-state index is 0.557. The van der Waals surface area contributed by atoms with Gasteiger partial charge in [-0.3, -0.25) is 0 Å². The molecule has 0 bridgehead atoms. The molecule has 1 saturated heterocycles.